The van der Waals surface area contributed by atoms with Crippen molar-refractivity contribution in [2.24, 2.45) is 0 Å². The molecule has 0 bridgehead atoms. The summed E-state index contributed by atoms with van der Waals surface area (Å²) in [7, 11) is -4.94. The summed E-state index contributed by atoms with van der Waals surface area (Å²) in [5.41, 5.74) is 9.47. The maximum Gasteiger partial charge on any atom is 0.227 e. The molecular weight excluding hydrogens is 466 g/mol. The zero-order valence-corrected chi connectivity index (χ0v) is 20.3. The molecule has 2 aliphatic rings. The van der Waals surface area contributed by atoms with Gasteiger partial charge < -0.3 is 4.42 Å². The molecule has 178 valence electrons. The predicted molar refractivity (Wildman–Crippen MR) is 122 cm³/mol. The maximum absolute atomic E-state index is 8.49. The number of fused-ring (bicyclic) bond motifs is 1. The summed E-state index contributed by atoms with van der Waals surface area (Å²) in [5.74, 6) is 1.82. The zero-order valence-electron chi connectivity index (χ0n) is 19.5. The highest BCUT2D eigenvalue weighted by molar-refractivity contribution is 5.85. The standard InChI is InChI=1S/C28H24NO.ClHO4/c1-19-14-16-24(17-15-19)29-20(2)27-21(3)30-26(22-10-6-4-7-11-22)18-25(27)28(29)23-12-8-5-9-13-23;2-1(3,4)5/h4-18H,1-3H3;(H,2,3,4,5)/q+1;/p-1. The highest BCUT2D eigenvalue weighted by Gasteiger charge is 2.34. The van der Waals surface area contributed by atoms with Crippen molar-refractivity contribution in [2.45, 2.75) is 20.8 Å². The quantitative estimate of drug-likeness (QED) is 0.361. The van der Waals surface area contributed by atoms with E-state index in [0.717, 1.165) is 22.8 Å². The third kappa shape index (κ3) is 5.59. The van der Waals surface area contributed by atoms with Gasteiger partial charge in [0.25, 0.3) is 0 Å². The first-order chi connectivity index (χ1) is 16.6. The minimum atomic E-state index is -4.94. The monoisotopic (exact) mass is 489 g/mol. The van der Waals surface area contributed by atoms with Gasteiger partial charge in [-0.2, -0.15) is 4.57 Å². The average molecular weight is 490 g/mol. The van der Waals surface area contributed by atoms with Gasteiger partial charge in [0.15, 0.2) is 5.69 Å². The molecule has 0 spiro atoms. The van der Waals surface area contributed by atoms with Crippen LogP contribution in [0.15, 0.2) is 95.4 Å². The summed E-state index contributed by atoms with van der Waals surface area (Å²) >= 11 is 0. The van der Waals surface area contributed by atoms with Crippen molar-refractivity contribution in [1.29, 1.82) is 0 Å². The van der Waals surface area contributed by atoms with Gasteiger partial charge in [-0.3, -0.25) is 0 Å². The van der Waals surface area contributed by atoms with Crippen LogP contribution in [0.4, 0.5) is 0 Å². The molecule has 0 N–H and O–H groups in total. The van der Waals surface area contributed by atoms with E-state index in [2.05, 4.69) is 98.1 Å². The molecule has 0 aliphatic carbocycles. The van der Waals surface area contributed by atoms with Crippen molar-refractivity contribution >= 4 is 0 Å². The van der Waals surface area contributed by atoms with E-state index in [0.29, 0.717) is 0 Å². The lowest BCUT2D eigenvalue weighted by molar-refractivity contribution is -2.00. The number of benzene rings is 3. The van der Waals surface area contributed by atoms with Gasteiger partial charge in [0.1, 0.15) is 11.5 Å². The van der Waals surface area contributed by atoms with Crippen molar-refractivity contribution in [3.8, 4) is 39.4 Å². The van der Waals surface area contributed by atoms with Gasteiger partial charge in [-0.25, -0.2) is 18.6 Å². The van der Waals surface area contributed by atoms with Gasteiger partial charge in [-0.1, -0.05) is 66.2 Å². The van der Waals surface area contributed by atoms with Crippen molar-refractivity contribution in [2.75, 3.05) is 0 Å². The number of hydrogen-bond acceptors (Lipinski definition) is 5. The lowest BCUT2D eigenvalue weighted by Crippen LogP contribution is -2.68. The first-order valence-corrected chi connectivity index (χ1v) is 12.2. The average Bonchev–Trinajstić information content (AvgIpc) is 3.12. The maximum atomic E-state index is 8.49. The fourth-order valence-electron chi connectivity index (χ4n) is 4.32. The Morgan fingerprint density at radius 3 is 1.74 bits per heavy atom. The first-order valence-electron chi connectivity index (χ1n) is 10.9. The SMILES string of the molecule is Cc1ccc(-[n+]2c(C)c3c(C)oc(-c4ccccc4)cc-3c2-c2ccccc2)cc1.[O-][Cl+3]([O-])([O-])[O-]. The molecule has 0 fully saturated rings. The Balaban J connectivity index is 0.000000527. The van der Waals surface area contributed by atoms with Gasteiger partial charge in [0.05, 0.1) is 11.1 Å². The predicted octanol–water partition coefficient (Wildman–Crippen LogP) is 2.16. The van der Waals surface area contributed by atoms with E-state index >= 15 is 0 Å². The molecule has 7 heteroatoms. The second kappa shape index (κ2) is 10.00. The summed E-state index contributed by atoms with van der Waals surface area (Å²) < 4.78 is 42.6. The van der Waals surface area contributed by atoms with Gasteiger partial charge in [-0.05, 0) is 32.0 Å². The summed E-state index contributed by atoms with van der Waals surface area (Å²) in [6.45, 7) is 6.37. The summed E-state index contributed by atoms with van der Waals surface area (Å²) in [4.78, 5) is 0. The Morgan fingerprint density at radius 1 is 0.686 bits per heavy atom. The highest BCUT2D eigenvalue weighted by atomic mass is 35.7. The number of nitrogens with zero attached hydrogens (tertiary/aromatic N) is 1. The van der Waals surface area contributed by atoms with Crippen LogP contribution in [0, 0.1) is 31.0 Å². The molecule has 0 saturated heterocycles. The van der Waals surface area contributed by atoms with Crippen LogP contribution in [0.25, 0.3) is 39.4 Å². The Hall–Kier alpha value is -3.52. The fraction of sp³-hybridized carbons (Fsp3) is 0.107. The molecule has 5 rings (SSSR count). The first kappa shape index (κ1) is 24.6. The van der Waals surface area contributed by atoms with Crippen molar-refractivity contribution in [1.82, 2.24) is 0 Å². The van der Waals surface area contributed by atoms with Crippen LogP contribution < -0.4 is 23.2 Å². The van der Waals surface area contributed by atoms with Crippen LogP contribution in [0.3, 0.4) is 0 Å². The van der Waals surface area contributed by atoms with Crippen LogP contribution >= 0.6 is 0 Å². The summed E-state index contributed by atoms with van der Waals surface area (Å²) in [6, 6.07) is 31.8. The molecule has 2 heterocycles. The van der Waals surface area contributed by atoms with Crippen molar-refractivity contribution < 1.29 is 37.9 Å². The Labute approximate surface area is 206 Å². The largest absolute Gasteiger partial charge is 0.460 e. The number of rotatable bonds is 3. The van der Waals surface area contributed by atoms with E-state index in [1.807, 2.05) is 18.2 Å². The molecule has 0 atom stereocenters. The minimum absolute atomic E-state index is 0.888. The Kier molecular flexibility index (Phi) is 7.03. The molecular formula is C28H24ClNO5. The molecule has 3 aromatic carbocycles. The molecule has 3 aromatic rings. The number of halogens is 1. The highest BCUT2D eigenvalue weighted by Crippen LogP contribution is 2.40. The zero-order chi connectivity index (χ0) is 25.2. The van der Waals surface area contributed by atoms with Gasteiger partial charge >= 0.3 is 0 Å². The third-order valence-electron chi connectivity index (χ3n) is 5.73. The van der Waals surface area contributed by atoms with E-state index in [9.17, 15) is 0 Å². The number of aryl methyl sites for hydroxylation is 2. The lowest BCUT2D eigenvalue weighted by Gasteiger charge is -2.17. The molecule has 6 nitrogen and oxygen atoms in total. The van der Waals surface area contributed by atoms with E-state index in [4.69, 9.17) is 23.1 Å². The minimum Gasteiger partial charge on any atom is -0.460 e. The van der Waals surface area contributed by atoms with Crippen molar-refractivity contribution in [3.63, 3.8) is 0 Å². The lowest BCUT2D eigenvalue weighted by atomic mass is 9.99. The van der Waals surface area contributed by atoms with E-state index in [1.165, 1.54) is 33.6 Å². The molecule has 0 unspecified atom stereocenters. The van der Waals surface area contributed by atoms with Crippen LogP contribution in [0.2, 0.25) is 0 Å². The molecule has 0 amide bonds. The van der Waals surface area contributed by atoms with Crippen LogP contribution in [-0.2, 0) is 0 Å². The topological polar surface area (TPSA) is 109 Å². The second-order valence-corrected chi connectivity index (χ2v) is 8.93. The van der Waals surface area contributed by atoms with Gasteiger partial charge in [0.2, 0.25) is 11.4 Å². The molecule has 0 aromatic heterocycles. The normalized spacial score (nSPS) is 11.3. The van der Waals surface area contributed by atoms with E-state index in [-0.39, 0.29) is 0 Å². The van der Waals surface area contributed by atoms with Crippen LogP contribution in [0.1, 0.15) is 17.0 Å². The van der Waals surface area contributed by atoms with Gasteiger partial charge in [0, 0.05) is 30.2 Å². The van der Waals surface area contributed by atoms with Crippen molar-refractivity contribution in [3.05, 3.63) is 108 Å². The third-order valence-corrected chi connectivity index (χ3v) is 5.73. The van der Waals surface area contributed by atoms with Crippen LogP contribution in [0.5, 0.6) is 0 Å². The molecule has 35 heavy (non-hydrogen) atoms. The molecule has 0 saturated carbocycles. The molecule has 2 aliphatic heterocycles. The van der Waals surface area contributed by atoms with E-state index in [1.54, 1.807) is 0 Å². The fourth-order valence-corrected chi connectivity index (χ4v) is 4.32. The second-order valence-electron chi connectivity index (χ2n) is 8.17. The molecule has 0 radical (unpaired) electrons. The van der Waals surface area contributed by atoms with E-state index < -0.39 is 10.2 Å². The summed E-state index contributed by atoms with van der Waals surface area (Å²) in [6.07, 6.45) is 0. The number of hydrogen-bond donors (Lipinski definition) is 0. The Bertz CT molecular complexity index is 1390. The summed E-state index contributed by atoms with van der Waals surface area (Å²) in [5, 5.41) is 0. The number of aromatic nitrogens is 1. The Morgan fingerprint density at radius 2 is 1.20 bits per heavy atom. The smallest absolute Gasteiger partial charge is 0.227 e. The van der Waals surface area contributed by atoms with Gasteiger partial charge in [-0.15, -0.1) is 10.2 Å². The van der Waals surface area contributed by atoms with Crippen LogP contribution in [-0.4, -0.2) is 0 Å².